The molecular weight excluding hydrogens is 272 g/mol. The van der Waals surface area contributed by atoms with Crippen LogP contribution in [0.4, 0.5) is 0 Å². The summed E-state index contributed by atoms with van der Waals surface area (Å²) < 4.78 is 10.8. The fourth-order valence-electron chi connectivity index (χ4n) is 3.75. The zero-order valence-corrected chi connectivity index (χ0v) is 12.7. The van der Waals surface area contributed by atoms with Gasteiger partial charge in [-0.25, -0.2) is 0 Å². The van der Waals surface area contributed by atoms with Gasteiger partial charge in [0.05, 0.1) is 12.6 Å². The number of amides is 1. The van der Waals surface area contributed by atoms with Gasteiger partial charge in [0, 0.05) is 17.9 Å². The van der Waals surface area contributed by atoms with E-state index in [9.17, 15) is 4.79 Å². The molecule has 0 bridgehead atoms. The number of nitrogens with one attached hydrogen (secondary N) is 1. The highest BCUT2D eigenvalue weighted by Gasteiger charge is 2.70. The maximum Gasteiger partial charge on any atom is 0.246 e. The first-order chi connectivity index (χ1) is 9.87. The van der Waals surface area contributed by atoms with Crippen LogP contribution in [0.2, 0.25) is 0 Å². The summed E-state index contributed by atoms with van der Waals surface area (Å²) in [6.45, 7) is 6.68. The fourth-order valence-corrected chi connectivity index (χ4v) is 3.75. The number of nitrogens with zero attached hydrogens (tertiary/aromatic N) is 2. The van der Waals surface area contributed by atoms with Gasteiger partial charge in [0.1, 0.15) is 5.54 Å². The molecule has 1 saturated heterocycles. The van der Waals surface area contributed by atoms with E-state index in [0.717, 1.165) is 19.4 Å². The first-order valence-corrected chi connectivity index (χ1v) is 7.35. The van der Waals surface area contributed by atoms with Gasteiger partial charge in [-0.05, 0) is 19.8 Å². The molecule has 1 aromatic rings. The Morgan fingerprint density at radius 2 is 2.29 bits per heavy atom. The maximum absolute atomic E-state index is 12.6. The second-order valence-electron chi connectivity index (χ2n) is 6.55. The van der Waals surface area contributed by atoms with Gasteiger partial charge in [0.2, 0.25) is 11.8 Å². The van der Waals surface area contributed by atoms with Gasteiger partial charge in [0.15, 0.2) is 5.82 Å². The van der Waals surface area contributed by atoms with Crippen LogP contribution in [0.5, 0.6) is 0 Å². The Hall–Kier alpha value is -1.47. The molecule has 3 atom stereocenters. The molecule has 2 heterocycles. The van der Waals surface area contributed by atoms with Crippen LogP contribution in [-0.4, -0.2) is 34.3 Å². The largest absolute Gasteiger partial charge is 0.377 e. The summed E-state index contributed by atoms with van der Waals surface area (Å²) in [5, 5.41) is 6.52. The van der Waals surface area contributed by atoms with Gasteiger partial charge < -0.3 is 20.3 Å². The first kappa shape index (κ1) is 14.5. The van der Waals surface area contributed by atoms with Crippen LogP contribution in [0.3, 0.4) is 0 Å². The summed E-state index contributed by atoms with van der Waals surface area (Å²) >= 11 is 0. The average Bonchev–Trinajstić information content (AvgIpc) is 2.89. The van der Waals surface area contributed by atoms with Crippen molar-refractivity contribution >= 4 is 5.91 Å². The van der Waals surface area contributed by atoms with Gasteiger partial charge in [-0.15, -0.1) is 0 Å². The molecule has 1 saturated carbocycles. The molecule has 2 aliphatic rings. The lowest BCUT2D eigenvalue weighted by Gasteiger charge is -2.65. The third-order valence-corrected chi connectivity index (χ3v) is 5.03. The second kappa shape index (κ2) is 4.78. The summed E-state index contributed by atoms with van der Waals surface area (Å²) in [4.78, 5) is 16.7. The second-order valence-corrected chi connectivity index (χ2v) is 6.55. The van der Waals surface area contributed by atoms with Crippen molar-refractivity contribution in [1.82, 2.24) is 15.5 Å². The monoisotopic (exact) mass is 294 g/mol. The highest BCUT2D eigenvalue weighted by Crippen LogP contribution is 2.57. The molecular formula is C14H22N4O3. The normalized spacial score (nSPS) is 33.9. The summed E-state index contributed by atoms with van der Waals surface area (Å²) in [5.41, 5.74) is 5.20. The van der Waals surface area contributed by atoms with E-state index in [-0.39, 0.29) is 29.9 Å². The first-order valence-electron chi connectivity index (χ1n) is 7.35. The Bertz CT molecular complexity index is 556. The molecule has 2 fully saturated rings. The van der Waals surface area contributed by atoms with E-state index >= 15 is 0 Å². The smallest absolute Gasteiger partial charge is 0.246 e. The molecule has 1 aromatic heterocycles. The van der Waals surface area contributed by atoms with Crippen molar-refractivity contribution in [3.8, 4) is 0 Å². The number of carbonyl (C=O) groups excluding carboxylic acids is 1. The molecule has 3 rings (SSSR count). The van der Waals surface area contributed by atoms with E-state index in [2.05, 4.69) is 15.5 Å². The number of nitrogens with two attached hydrogens (primary N) is 1. The maximum atomic E-state index is 12.6. The Balaban J connectivity index is 1.70. The van der Waals surface area contributed by atoms with E-state index < -0.39 is 5.54 Å². The Labute approximate surface area is 123 Å². The molecule has 7 heteroatoms. The lowest BCUT2D eigenvalue weighted by atomic mass is 9.46. The van der Waals surface area contributed by atoms with Crippen LogP contribution < -0.4 is 11.1 Å². The molecule has 3 N–H and O–H groups in total. The number of hydrogen-bond donors (Lipinski definition) is 2. The topological polar surface area (TPSA) is 103 Å². The predicted molar refractivity (Wildman–Crippen MR) is 74.0 cm³/mol. The highest BCUT2D eigenvalue weighted by molar-refractivity contribution is 5.89. The van der Waals surface area contributed by atoms with Gasteiger partial charge >= 0.3 is 0 Å². The number of carbonyl (C=O) groups is 1. The number of hydrogen-bond acceptors (Lipinski definition) is 6. The molecule has 0 spiro atoms. The van der Waals surface area contributed by atoms with Crippen LogP contribution in [0, 0.1) is 18.3 Å². The van der Waals surface area contributed by atoms with Gasteiger partial charge in [0.25, 0.3) is 0 Å². The molecule has 1 aliphatic heterocycles. The standard InChI is InChI=1S/C14H22N4O3/c1-8-17-10(21-18-8)7-16-12(19)14(15)9-5-4-6-20-11(9)13(14,2)3/h9,11H,4-7,15H2,1-3H3,(H,16,19). The summed E-state index contributed by atoms with van der Waals surface area (Å²) in [5.74, 6) is 0.838. The molecule has 1 aliphatic carbocycles. The number of aryl methyl sites for hydroxylation is 1. The van der Waals surface area contributed by atoms with Gasteiger partial charge in [-0.3, -0.25) is 4.79 Å². The van der Waals surface area contributed by atoms with Crippen LogP contribution in [0.15, 0.2) is 4.52 Å². The quantitative estimate of drug-likeness (QED) is 0.842. The number of ether oxygens (including phenoxy) is 1. The number of rotatable bonds is 3. The van der Waals surface area contributed by atoms with Crippen molar-refractivity contribution in [2.24, 2.45) is 17.1 Å². The van der Waals surface area contributed by atoms with Crippen LogP contribution in [0.25, 0.3) is 0 Å². The fraction of sp³-hybridized carbons (Fsp3) is 0.786. The van der Waals surface area contributed by atoms with E-state index in [1.54, 1.807) is 6.92 Å². The van der Waals surface area contributed by atoms with E-state index in [0.29, 0.717) is 11.7 Å². The van der Waals surface area contributed by atoms with Crippen LogP contribution in [-0.2, 0) is 16.1 Å². The van der Waals surface area contributed by atoms with E-state index in [4.69, 9.17) is 15.0 Å². The summed E-state index contributed by atoms with van der Waals surface area (Å²) in [6, 6.07) is 0. The molecule has 3 unspecified atom stereocenters. The molecule has 0 aromatic carbocycles. The zero-order valence-electron chi connectivity index (χ0n) is 12.7. The third-order valence-electron chi connectivity index (χ3n) is 5.03. The number of fused-ring (bicyclic) bond motifs is 1. The van der Waals surface area contributed by atoms with Crippen LogP contribution >= 0.6 is 0 Å². The average molecular weight is 294 g/mol. The van der Waals surface area contributed by atoms with Crippen molar-refractivity contribution in [3.63, 3.8) is 0 Å². The SMILES string of the molecule is Cc1noc(CNC(=O)C2(N)C3CCCOC3C2(C)C)n1. The number of aromatic nitrogens is 2. The predicted octanol–water partition coefficient (Wildman–Crippen LogP) is 0.527. The Morgan fingerprint density at radius 1 is 1.52 bits per heavy atom. The summed E-state index contributed by atoms with van der Waals surface area (Å²) in [6.07, 6.45) is 1.94. The van der Waals surface area contributed by atoms with Crippen molar-refractivity contribution in [3.05, 3.63) is 11.7 Å². The van der Waals surface area contributed by atoms with Crippen LogP contribution in [0.1, 0.15) is 38.4 Å². The Morgan fingerprint density at radius 3 is 2.95 bits per heavy atom. The lowest BCUT2D eigenvalue weighted by Crippen LogP contribution is -2.82. The minimum Gasteiger partial charge on any atom is -0.377 e. The zero-order chi connectivity index (χ0) is 15.3. The third kappa shape index (κ3) is 1.98. The lowest BCUT2D eigenvalue weighted by molar-refractivity contribution is -0.225. The van der Waals surface area contributed by atoms with Gasteiger partial charge in [-0.2, -0.15) is 4.98 Å². The van der Waals surface area contributed by atoms with Crippen molar-refractivity contribution in [2.45, 2.75) is 51.8 Å². The van der Waals surface area contributed by atoms with Crippen molar-refractivity contribution in [2.75, 3.05) is 6.61 Å². The van der Waals surface area contributed by atoms with E-state index in [1.807, 2.05) is 13.8 Å². The molecule has 0 radical (unpaired) electrons. The van der Waals surface area contributed by atoms with E-state index in [1.165, 1.54) is 0 Å². The molecule has 116 valence electrons. The molecule has 21 heavy (non-hydrogen) atoms. The Kier molecular flexibility index (Phi) is 3.29. The van der Waals surface area contributed by atoms with Crippen molar-refractivity contribution in [1.29, 1.82) is 0 Å². The highest BCUT2D eigenvalue weighted by atomic mass is 16.5. The minimum absolute atomic E-state index is 0.0626. The minimum atomic E-state index is -0.910. The van der Waals surface area contributed by atoms with Gasteiger partial charge in [-0.1, -0.05) is 19.0 Å². The molecule has 1 amide bonds. The molecule has 7 nitrogen and oxygen atoms in total. The summed E-state index contributed by atoms with van der Waals surface area (Å²) in [7, 11) is 0. The van der Waals surface area contributed by atoms with Crippen molar-refractivity contribution < 1.29 is 14.1 Å².